The van der Waals surface area contributed by atoms with E-state index < -0.39 is 43.4 Å². The lowest BCUT2D eigenvalue weighted by Gasteiger charge is -2.14. The standard InChI is InChI=1S/C46H36N2O8Si2/c1-29-3-13-33(14-4-29)45(51)53-37-19-7-31(8-20-37)11-25-43(49)55-57-41-27-35(47)17-23-39(41)40-24-18-36(48)28-42(40)58-56-44(50)26-12-32-9-21-38(22-10-32)54-46(52)34-15-5-30(2)6-16-34/h3-28H,47-48H2,1-2H3/b25-11+,26-12+. The molecule has 4 N–H and O–H groups in total. The van der Waals surface area contributed by atoms with E-state index in [2.05, 4.69) is 0 Å². The first-order chi connectivity index (χ1) is 28.0. The van der Waals surface area contributed by atoms with E-state index in [1.165, 1.54) is 12.2 Å². The van der Waals surface area contributed by atoms with Crippen LogP contribution in [0, 0.1) is 13.8 Å². The zero-order chi connectivity index (χ0) is 41.0. The fraction of sp³-hybridized carbons (Fsp3) is 0.0435. The first-order valence-electron chi connectivity index (χ1n) is 17.9. The number of anilines is 2. The molecule has 4 radical (unpaired) electrons. The number of carbonyl (C=O) groups excluding carboxylic acids is 4. The second-order valence-corrected chi connectivity index (χ2v) is 14.9. The summed E-state index contributed by atoms with van der Waals surface area (Å²) in [6.45, 7) is 3.88. The molecule has 0 saturated carbocycles. The third-order valence-electron chi connectivity index (χ3n) is 8.48. The minimum Gasteiger partial charge on any atom is -0.508 e. The summed E-state index contributed by atoms with van der Waals surface area (Å²) in [6.07, 6.45) is 5.82. The second kappa shape index (κ2) is 19.0. The van der Waals surface area contributed by atoms with Gasteiger partial charge in [0.15, 0.2) is 0 Å². The number of benzene rings is 6. The lowest BCUT2D eigenvalue weighted by molar-refractivity contribution is -0.129. The normalized spacial score (nSPS) is 11.0. The Bertz CT molecular complexity index is 2320. The molecule has 0 spiro atoms. The number of esters is 2. The third-order valence-corrected chi connectivity index (χ3v) is 10.4. The van der Waals surface area contributed by atoms with Crippen LogP contribution in [0.25, 0.3) is 23.3 Å². The van der Waals surface area contributed by atoms with Gasteiger partial charge in [-0.1, -0.05) is 71.8 Å². The van der Waals surface area contributed by atoms with Crippen molar-refractivity contribution in [2.24, 2.45) is 0 Å². The monoisotopic (exact) mass is 800 g/mol. The van der Waals surface area contributed by atoms with Gasteiger partial charge in [0.1, 0.15) is 11.5 Å². The molecule has 0 saturated heterocycles. The number of hydrogen-bond donors (Lipinski definition) is 2. The van der Waals surface area contributed by atoms with E-state index in [0.29, 0.717) is 55.5 Å². The lowest BCUT2D eigenvalue weighted by Crippen LogP contribution is -2.27. The molecular formula is C46H36N2O8Si2. The van der Waals surface area contributed by atoms with E-state index in [0.717, 1.165) is 22.3 Å². The van der Waals surface area contributed by atoms with E-state index in [9.17, 15) is 19.2 Å². The van der Waals surface area contributed by atoms with Crippen molar-refractivity contribution in [1.29, 1.82) is 0 Å². The van der Waals surface area contributed by atoms with Crippen molar-refractivity contribution in [3.63, 3.8) is 0 Å². The zero-order valence-corrected chi connectivity index (χ0v) is 33.4. The van der Waals surface area contributed by atoms with E-state index >= 15 is 0 Å². The van der Waals surface area contributed by atoms with Crippen molar-refractivity contribution in [3.05, 3.63) is 179 Å². The van der Waals surface area contributed by atoms with Crippen LogP contribution in [0.3, 0.4) is 0 Å². The summed E-state index contributed by atoms with van der Waals surface area (Å²) in [6, 6.07) is 38.2. The Kier molecular flexibility index (Phi) is 13.3. The summed E-state index contributed by atoms with van der Waals surface area (Å²) >= 11 is 0. The van der Waals surface area contributed by atoms with Crippen molar-refractivity contribution >= 4 is 77.3 Å². The predicted molar refractivity (Wildman–Crippen MR) is 227 cm³/mol. The van der Waals surface area contributed by atoms with Gasteiger partial charge < -0.3 is 29.8 Å². The van der Waals surface area contributed by atoms with Crippen LogP contribution in [0.5, 0.6) is 11.5 Å². The highest BCUT2D eigenvalue weighted by Gasteiger charge is 2.17. The number of aryl methyl sites for hydroxylation is 2. The highest BCUT2D eigenvalue weighted by molar-refractivity contribution is 6.54. The van der Waals surface area contributed by atoms with Gasteiger partial charge in [-0.15, -0.1) is 0 Å². The van der Waals surface area contributed by atoms with Crippen molar-refractivity contribution < 1.29 is 37.5 Å². The van der Waals surface area contributed by atoms with Crippen molar-refractivity contribution in [2.45, 2.75) is 13.8 Å². The van der Waals surface area contributed by atoms with E-state index in [-0.39, 0.29) is 0 Å². The Morgan fingerprint density at radius 1 is 0.483 bits per heavy atom. The fourth-order valence-electron chi connectivity index (χ4n) is 5.37. The first kappa shape index (κ1) is 40.4. The number of rotatable bonds is 13. The fourth-order valence-corrected chi connectivity index (χ4v) is 7.04. The van der Waals surface area contributed by atoms with E-state index in [1.54, 1.807) is 109 Å². The Morgan fingerprint density at radius 2 is 0.845 bits per heavy atom. The molecule has 0 aliphatic carbocycles. The largest absolute Gasteiger partial charge is 0.508 e. The summed E-state index contributed by atoms with van der Waals surface area (Å²) in [5.41, 5.74) is 19.1. The van der Waals surface area contributed by atoms with Crippen LogP contribution in [0.15, 0.2) is 146 Å². The van der Waals surface area contributed by atoms with Crippen molar-refractivity contribution in [2.75, 3.05) is 11.5 Å². The Labute approximate surface area is 340 Å². The molecular weight excluding hydrogens is 765 g/mol. The highest BCUT2D eigenvalue weighted by atomic mass is 28.2. The molecule has 0 fully saturated rings. The van der Waals surface area contributed by atoms with Crippen molar-refractivity contribution in [3.8, 4) is 22.6 Å². The molecule has 6 aromatic rings. The van der Waals surface area contributed by atoms with Gasteiger partial charge in [0.25, 0.3) is 0 Å². The van der Waals surface area contributed by atoms with Crippen LogP contribution in [0.1, 0.15) is 43.0 Å². The van der Waals surface area contributed by atoms with Gasteiger partial charge in [-0.05, 0) is 131 Å². The number of ether oxygens (including phenoxy) is 2. The van der Waals surface area contributed by atoms with Gasteiger partial charge in [0.2, 0.25) is 0 Å². The van der Waals surface area contributed by atoms with Gasteiger partial charge in [-0.25, -0.2) is 19.2 Å². The van der Waals surface area contributed by atoms with Gasteiger partial charge in [0.05, 0.1) is 11.1 Å². The SMILES string of the molecule is Cc1ccc(C(=O)Oc2ccc(/C=C/C(=O)O[Si]c3cc(N)ccc3-c3ccc(N)cc3[Si]OC(=O)/C=C/c3ccc(OC(=O)c4ccc(C)cc4)cc3)cc2)cc1. The summed E-state index contributed by atoms with van der Waals surface area (Å²) < 4.78 is 22.1. The zero-order valence-electron chi connectivity index (χ0n) is 31.4. The second-order valence-electron chi connectivity index (χ2n) is 13.0. The maximum absolute atomic E-state index is 12.8. The molecule has 6 rings (SSSR count). The molecule has 10 nitrogen and oxygen atoms in total. The quantitative estimate of drug-likeness (QED) is 0.0430. The average Bonchev–Trinajstić information content (AvgIpc) is 3.22. The van der Waals surface area contributed by atoms with Crippen molar-refractivity contribution in [1.82, 2.24) is 0 Å². The highest BCUT2D eigenvalue weighted by Crippen LogP contribution is 2.20. The number of hydrogen-bond acceptors (Lipinski definition) is 10. The molecule has 0 heterocycles. The summed E-state index contributed by atoms with van der Waals surface area (Å²) in [5, 5.41) is 1.33. The lowest BCUT2D eigenvalue weighted by atomic mass is 10.0. The van der Waals surface area contributed by atoms with Gasteiger partial charge in [0, 0.05) is 23.5 Å². The topological polar surface area (TPSA) is 157 Å². The maximum Gasteiger partial charge on any atom is 0.356 e. The first-order valence-corrected chi connectivity index (χ1v) is 19.7. The van der Waals surface area contributed by atoms with Crippen LogP contribution >= 0.6 is 0 Å². The van der Waals surface area contributed by atoms with Crippen LogP contribution < -0.4 is 31.3 Å². The molecule has 0 aliphatic heterocycles. The molecule has 0 aliphatic rings. The van der Waals surface area contributed by atoms with Crippen LogP contribution in [0.2, 0.25) is 0 Å². The minimum absolute atomic E-state index is 0.373. The van der Waals surface area contributed by atoms with Crippen LogP contribution in [-0.2, 0) is 18.4 Å². The van der Waals surface area contributed by atoms with E-state index in [1.807, 2.05) is 50.2 Å². The molecule has 0 bridgehead atoms. The minimum atomic E-state index is -0.570. The Hall–Kier alpha value is -7.29. The molecule has 12 heteroatoms. The Morgan fingerprint density at radius 3 is 1.21 bits per heavy atom. The average molecular weight is 801 g/mol. The number of nitrogen functional groups attached to an aromatic ring is 2. The molecule has 0 atom stereocenters. The molecule has 0 amide bonds. The summed E-state index contributed by atoms with van der Waals surface area (Å²) in [4.78, 5) is 50.4. The molecule has 6 aromatic carbocycles. The molecule has 0 unspecified atom stereocenters. The molecule has 58 heavy (non-hydrogen) atoms. The molecule has 286 valence electrons. The van der Waals surface area contributed by atoms with Crippen LogP contribution in [-0.4, -0.2) is 43.4 Å². The van der Waals surface area contributed by atoms with Gasteiger partial charge in [-0.3, -0.25) is 0 Å². The van der Waals surface area contributed by atoms with Crippen LogP contribution in [0.4, 0.5) is 11.4 Å². The summed E-state index contributed by atoms with van der Waals surface area (Å²) in [5.74, 6) is -1.32. The third kappa shape index (κ3) is 11.4. The smallest absolute Gasteiger partial charge is 0.356 e. The Balaban J connectivity index is 1.04. The van der Waals surface area contributed by atoms with E-state index in [4.69, 9.17) is 29.8 Å². The number of nitrogens with two attached hydrogens (primary N) is 2. The summed E-state index contributed by atoms with van der Waals surface area (Å²) in [7, 11) is -0.791. The maximum atomic E-state index is 12.8. The van der Waals surface area contributed by atoms with Gasteiger partial charge in [-0.2, -0.15) is 0 Å². The van der Waals surface area contributed by atoms with Gasteiger partial charge >= 0.3 is 43.4 Å². The number of carbonyl (C=O) groups is 4. The predicted octanol–water partition coefficient (Wildman–Crippen LogP) is 6.58. The molecule has 0 aromatic heterocycles.